The first-order valence-corrected chi connectivity index (χ1v) is 8.08. The Balaban J connectivity index is 1.51. The summed E-state index contributed by atoms with van der Waals surface area (Å²) in [5.41, 5.74) is 1.43. The van der Waals surface area contributed by atoms with Gasteiger partial charge in [0.25, 0.3) is 0 Å². The van der Waals surface area contributed by atoms with Crippen LogP contribution >= 0.6 is 0 Å². The standard InChI is InChI=1S/C18H23N3O/c1-14(21-13-5-12-19-21)18(22)20-17-10-8-16(9-11-17)15-6-3-2-4-7-15/h2-7,12-14,16-17H,8-11H2,1H3,(H,20,22). The predicted octanol–water partition coefficient (Wildman–Crippen LogP) is 3.29. The predicted molar refractivity (Wildman–Crippen MR) is 86.5 cm³/mol. The van der Waals surface area contributed by atoms with Gasteiger partial charge < -0.3 is 5.32 Å². The van der Waals surface area contributed by atoms with Gasteiger partial charge >= 0.3 is 0 Å². The first kappa shape index (κ1) is 14.8. The number of nitrogens with zero attached hydrogens (tertiary/aromatic N) is 2. The first-order valence-electron chi connectivity index (χ1n) is 8.08. The summed E-state index contributed by atoms with van der Waals surface area (Å²) in [6.45, 7) is 1.89. The molecule has 116 valence electrons. The van der Waals surface area contributed by atoms with Crippen LogP contribution in [0, 0.1) is 0 Å². The number of nitrogens with one attached hydrogen (secondary N) is 1. The van der Waals surface area contributed by atoms with Gasteiger partial charge in [-0.05, 0) is 50.2 Å². The van der Waals surface area contributed by atoms with Crippen molar-refractivity contribution in [1.82, 2.24) is 15.1 Å². The number of carbonyl (C=O) groups is 1. The van der Waals surface area contributed by atoms with E-state index < -0.39 is 0 Å². The van der Waals surface area contributed by atoms with Crippen molar-refractivity contribution in [2.24, 2.45) is 0 Å². The molecule has 1 unspecified atom stereocenters. The van der Waals surface area contributed by atoms with E-state index in [0.29, 0.717) is 12.0 Å². The number of hydrogen-bond acceptors (Lipinski definition) is 2. The van der Waals surface area contributed by atoms with E-state index in [1.165, 1.54) is 5.56 Å². The lowest BCUT2D eigenvalue weighted by Crippen LogP contribution is -2.40. The summed E-state index contributed by atoms with van der Waals surface area (Å²) in [5, 5.41) is 7.32. The quantitative estimate of drug-likeness (QED) is 0.941. The number of aromatic nitrogens is 2. The van der Waals surface area contributed by atoms with Crippen LogP contribution in [0.3, 0.4) is 0 Å². The molecule has 0 saturated heterocycles. The fourth-order valence-electron chi connectivity index (χ4n) is 3.25. The average Bonchev–Trinajstić information content (AvgIpc) is 3.10. The van der Waals surface area contributed by atoms with E-state index >= 15 is 0 Å². The van der Waals surface area contributed by atoms with E-state index in [9.17, 15) is 4.79 Å². The van der Waals surface area contributed by atoms with Gasteiger partial charge in [-0.2, -0.15) is 5.10 Å². The topological polar surface area (TPSA) is 46.9 Å². The van der Waals surface area contributed by atoms with Crippen molar-refractivity contribution in [2.75, 3.05) is 0 Å². The molecule has 4 nitrogen and oxygen atoms in total. The van der Waals surface area contributed by atoms with Gasteiger partial charge in [0.05, 0.1) is 0 Å². The molecule has 3 rings (SSSR count). The number of amides is 1. The van der Waals surface area contributed by atoms with E-state index in [1.807, 2.05) is 19.2 Å². The van der Waals surface area contributed by atoms with Crippen molar-refractivity contribution in [1.29, 1.82) is 0 Å². The maximum Gasteiger partial charge on any atom is 0.244 e. The molecule has 0 aliphatic heterocycles. The molecule has 1 N–H and O–H groups in total. The van der Waals surface area contributed by atoms with E-state index in [2.05, 4.69) is 40.7 Å². The molecule has 1 amide bonds. The van der Waals surface area contributed by atoms with E-state index in [4.69, 9.17) is 0 Å². The van der Waals surface area contributed by atoms with E-state index in [1.54, 1.807) is 10.9 Å². The molecule has 1 aliphatic rings. The summed E-state index contributed by atoms with van der Waals surface area (Å²) in [4.78, 5) is 12.3. The fourth-order valence-corrected chi connectivity index (χ4v) is 3.25. The maximum absolute atomic E-state index is 12.3. The molecule has 2 aromatic rings. The monoisotopic (exact) mass is 297 g/mol. The Labute approximate surface area is 131 Å². The Kier molecular flexibility index (Phi) is 4.56. The highest BCUT2D eigenvalue weighted by molar-refractivity contribution is 5.80. The summed E-state index contributed by atoms with van der Waals surface area (Å²) >= 11 is 0. The Bertz CT molecular complexity index is 586. The average molecular weight is 297 g/mol. The lowest BCUT2D eigenvalue weighted by atomic mass is 9.82. The largest absolute Gasteiger partial charge is 0.352 e. The number of rotatable bonds is 4. The summed E-state index contributed by atoms with van der Waals surface area (Å²) in [6, 6.07) is 12.6. The summed E-state index contributed by atoms with van der Waals surface area (Å²) in [5.74, 6) is 0.699. The van der Waals surface area contributed by atoms with Crippen LogP contribution in [0.4, 0.5) is 0 Å². The molecule has 1 aliphatic carbocycles. The highest BCUT2D eigenvalue weighted by Gasteiger charge is 2.25. The minimum absolute atomic E-state index is 0.0619. The van der Waals surface area contributed by atoms with Crippen LogP contribution in [0.15, 0.2) is 48.8 Å². The summed E-state index contributed by atoms with van der Waals surface area (Å²) in [7, 11) is 0. The minimum Gasteiger partial charge on any atom is -0.352 e. The molecule has 1 saturated carbocycles. The molecule has 0 radical (unpaired) electrons. The van der Waals surface area contributed by atoms with Crippen molar-refractivity contribution in [2.45, 2.75) is 50.6 Å². The van der Waals surface area contributed by atoms with Crippen LogP contribution in [0.25, 0.3) is 0 Å². The van der Waals surface area contributed by atoms with Crippen LogP contribution in [0.1, 0.15) is 50.1 Å². The second-order valence-electron chi connectivity index (χ2n) is 6.13. The van der Waals surface area contributed by atoms with Crippen molar-refractivity contribution >= 4 is 5.91 Å². The summed E-state index contributed by atoms with van der Waals surface area (Å²) in [6.07, 6.45) is 7.93. The second kappa shape index (κ2) is 6.77. The Morgan fingerprint density at radius 3 is 2.55 bits per heavy atom. The lowest BCUT2D eigenvalue weighted by Gasteiger charge is -2.30. The van der Waals surface area contributed by atoms with Crippen molar-refractivity contribution < 1.29 is 4.79 Å². The molecule has 22 heavy (non-hydrogen) atoms. The van der Waals surface area contributed by atoms with Crippen molar-refractivity contribution in [3.05, 3.63) is 54.4 Å². The van der Waals surface area contributed by atoms with Crippen LogP contribution in [0.5, 0.6) is 0 Å². The lowest BCUT2D eigenvalue weighted by molar-refractivity contribution is -0.125. The first-order chi connectivity index (χ1) is 10.7. The SMILES string of the molecule is CC(C(=O)NC1CCC(c2ccccc2)CC1)n1cccn1. The molecule has 1 heterocycles. The number of carbonyl (C=O) groups excluding carboxylic acids is 1. The van der Waals surface area contributed by atoms with Gasteiger partial charge in [0.15, 0.2) is 0 Å². The molecular weight excluding hydrogens is 274 g/mol. The third kappa shape index (κ3) is 3.38. The Morgan fingerprint density at radius 1 is 1.18 bits per heavy atom. The molecule has 1 aromatic heterocycles. The normalized spacial score (nSPS) is 23.0. The van der Waals surface area contributed by atoms with E-state index in [-0.39, 0.29) is 11.9 Å². The zero-order valence-electron chi connectivity index (χ0n) is 13.0. The third-order valence-corrected chi connectivity index (χ3v) is 4.65. The van der Waals surface area contributed by atoms with Gasteiger partial charge in [0.2, 0.25) is 5.91 Å². The highest BCUT2D eigenvalue weighted by Crippen LogP contribution is 2.32. The van der Waals surface area contributed by atoms with E-state index in [0.717, 1.165) is 25.7 Å². The van der Waals surface area contributed by atoms with Gasteiger partial charge in [0.1, 0.15) is 6.04 Å². The molecule has 0 spiro atoms. The van der Waals surface area contributed by atoms with Crippen molar-refractivity contribution in [3.63, 3.8) is 0 Å². The molecule has 1 fully saturated rings. The maximum atomic E-state index is 12.3. The fraction of sp³-hybridized carbons (Fsp3) is 0.444. The third-order valence-electron chi connectivity index (χ3n) is 4.65. The molecule has 1 aromatic carbocycles. The second-order valence-corrected chi connectivity index (χ2v) is 6.13. The number of hydrogen-bond donors (Lipinski definition) is 1. The highest BCUT2D eigenvalue weighted by atomic mass is 16.2. The van der Waals surface area contributed by atoms with Crippen LogP contribution in [-0.4, -0.2) is 21.7 Å². The smallest absolute Gasteiger partial charge is 0.244 e. The van der Waals surface area contributed by atoms with Gasteiger partial charge in [-0.3, -0.25) is 9.48 Å². The molecule has 1 atom stereocenters. The Hall–Kier alpha value is -2.10. The zero-order chi connectivity index (χ0) is 15.4. The molecule has 4 heteroatoms. The van der Waals surface area contributed by atoms with Crippen LogP contribution in [0.2, 0.25) is 0 Å². The number of benzene rings is 1. The molecule has 0 bridgehead atoms. The van der Waals surface area contributed by atoms with Gasteiger partial charge in [-0.1, -0.05) is 30.3 Å². The van der Waals surface area contributed by atoms with Gasteiger partial charge in [-0.25, -0.2) is 0 Å². The molecular formula is C18H23N3O. The Morgan fingerprint density at radius 2 is 1.91 bits per heavy atom. The van der Waals surface area contributed by atoms with Crippen molar-refractivity contribution in [3.8, 4) is 0 Å². The van der Waals surface area contributed by atoms with Gasteiger partial charge in [0, 0.05) is 18.4 Å². The summed E-state index contributed by atoms with van der Waals surface area (Å²) < 4.78 is 1.70. The van der Waals surface area contributed by atoms with Crippen LogP contribution < -0.4 is 5.32 Å². The van der Waals surface area contributed by atoms with Crippen LogP contribution in [-0.2, 0) is 4.79 Å². The minimum atomic E-state index is -0.248. The zero-order valence-corrected chi connectivity index (χ0v) is 13.0. The van der Waals surface area contributed by atoms with Gasteiger partial charge in [-0.15, -0.1) is 0 Å².